The molecule has 0 unspecified atom stereocenters. The zero-order valence-corrected chi connectivity index (χ0v) is 10.7. The van der Waals surface area contributed by atoms with Crippen LogP contribution in [0.25, 0.3) is 0 Å². The van der Waals surface area contributed by atoms with Crippen LogP contribution in [0.2, 0.25) is 0 Å². The fourth-order valence-electron chi connectivity index (χ4n) is 0.949. The van der Waals surface area contributed by atoms with Crippen LogP contribution in [0.3, 0.4) is 0 Å². The second-order valence-electron chi connectivity index (χ2n) is 2.98. The summed E-state index contributed by atoms with van der Waals surface area (Å²) in [5, 5.41) is 0. The molecule has 0 aliphatic rings. The van der Waals surface area contributed by atoms with Crippen LogP contribution in [0.5, 0.6) is 11.8 Å². The van der Waals surface area contributed by atoms with Crippen molar-refractivity contribution < 1.29 is 22.1 Å². The van der Waals surface area contributed by atoms with Crippen LogP contribution in [0.4, 0.5) is 0 Å². The molecule has 0 atom stereocenters. The molecule has 0 saturated heterocycles. The Bertz CT molecular complexity index is 452. The monoisotopic (exact) mass is 262 g/mol. The van der Waals surface area contributed by atoms with Crippen molar-refractivity contribution in [3.8, 4) is 11.8 Å². The lowest BCUT2D eigenvalue weighted by Crippen LogP contribution is -2.10. The van der Waals surface area contributed by atoms with Crippen molar-refractivity contribution in [2.24, 2.45) is 0 Å². The van der Waals surface area contributed by atoms with Gasteiger partial charge in [0.1, 0.15) is 6.61 Å². The molecule has 96 valence electrons. The van der Waals surface area contributed by atoms with Crippen molar-refractivity contribution in [1.82, 2.24) is 9.97 Å². The van der Waals surface area contributed by atoms with Crippen molar-refractivity contribution in [2.45, 2.75) is 13.5 Å². The van der Waals surface area contributed by atoms with E-state index in [0.717, 1.165) is 0 Å². The van der Waals surface area contributed by atoms with Crippen LogP contribution in [-0.4, -0.2) is 38.4 Å². The summed E-state index contributed by atoms with van der Waals surface area (Å²) in [4.78, 5) is 7.87. The van der Waals surface area contributed by atoms with Crippen molar-refractivity contribution >= 4 is 10.1 Å². The molecule has 0 fully saturated rings. The van der Waals surface area contributed by atoms with E-state index < -0.39 is 10.1 Å². The van der Waals surface area contributed by atoms with Gasteiger partial charge < -0.3 is 9.47 Å². The summed E-state index contributed by atoms with van der Waals surface area (Å²) in [6.45, 7) is 1.24. The van der Waals surface area contributed by atoms with Gasteiger partial charge in [-0.3, -0.25) is 4.18 Å². The molecule has 1 heterocycles. The minimum absolute atomic E-state index is 0.103. The smallest absolute Gasteiger partial charge is 0.267 e. The molecule has 0 bridgehead atoms. The SMILES string of the molecule is CCS(=O)(=O)OCc1nc(OC)cc(OC)n1. The molecule has 0 aromatic carbocycles. The first-order chi connectivity index (χ1) is 8.00. The molecule has 8 heteroatoms. The van der Waals surface area contributed by atoms with Gasteiger partial charge in [-0.2, -0.15) is 18.4 Å². The minimum Gasteiger partial charge on any atom is -0.481 e. The second kappa shape index (κ2) is 5.78. The van der Waals surface area contributed by atoms with Crippen LogP contribution in [0, 0.1) is 0 Å². The van der Waals surface area contributed by atoms with E-state index >= 15 is 0 Å². The van der Waals surface area contributed by atoms with Crippen molar-refractivity contribution in [1.29, 1.82) is 0 Å². The van der Waals surface area contributed by atoms with Gasteiger partial charge in [0.25, 0.3) is 10.1 Å². The highest BCUT2D eigenvalue weighted by atomic mass is 32.2. The summed E-state index contributed by atoms with van der Waals surface area (Å²) in [6.07, 6.45) is 0. The predicted molar refractivity (Wildman–Crippen MR) is 59.4 cm³/mol. The average molecular weight is 262 g/mol. The fraction of sp³-hybridized carbons (Fsp3) is 0.556. The zero-order valence-electron chi connectivity index (χ0n) is 9.84. The van der Waals surface area contributed by atoms with E-state index in [0.29, 0.717) is 0 Å². The molecular weight excluding hydrogens is 248 g/mol. The number of hydrogen-bond donors (Lipinski definition) is 0. The summed E-state index contributed by atoms with van der Waals surface area (Å²) in [6, 6.07) is 1.48. The topological polar surface area (TPSA) is 87.6 Å². The third-order valence-corrected chi connectivity index (χ3v) is 3.05. The first kappa shape index (κ1) is 13.7. The Morgan fingerprint density at radius 1 is 1.18 bits per heavy atom. The van der Waals surface area contributed by atoms with Gasteiger partial charge in [-0.1, -0.05) is 0 Å². The molecule has 0 amide bonds. The molecule has 0 saturated carbocycles. The highest BCUT2D eigenvalue weighted by Crippen LogP contribution is 2.15. The maximum atomic E-state index is 11.1. The molecule has 17 heavy (non-hydrogen) atoms. The first-order valence-corrected chi connectivity index (χ1v) is 6.41. The van der Waals surface area contributed by atoms with E-state index in [9.17, 15) is 8.42 Å². The molecule has 1 aromatic heterocycles. The number of nitrogens with zero attached hydrogens (tertiary/aromatic N) is 2. The van der Waals surface area contributed by atoms with Crippen LogP contribution in [-0.2, 0) is 20.9 Å². The number of rotatable bonds is 6. The van der Waals surface area contributed by atoms with E-state index in [2.05, 4.69) is 9.97 Å². The molecule has 0 N–H and O–H groups in total. The summed E-state index contributed by atoms with van der Waals surface area (Å²) in [7, 11) is -0.639. The maximum absolute atomic E-state index is 11.1. The van der Waals surface area contributed by atoms with Gasteiger partial charge in [-0.25, -0.2) is 0 Å². The van der Waals surface area contributed by atoms with Gasteiger partial charge in [0, 0.05) is 0 Å². The van der Waals surface area contributed by atoms with Crippen LogP contribution < -0.4 is 9.47 Å². The number of aromatic nitrogens is 2. The molecule has 0 spiro atoms. The molecule has 0 radical (unpaired) electrons. The number of ether oxygens (including phenoxy) is 2. The second-order valence-corrected chi connectivity index (χ2v) is 4.91. The zero-order chi connectivity index (χ0) is 12.9. The van der Waals surface area contributed by atoms with E-state index in [-0.39, 0.29) is 29.9 Å². The summed E-state index contributed by atoms with van der Waals surface area (Å²) < 4.78 is 36.8. The molecule has 0 aliphatic carbocycles. The Morgan fingerprint density at radius 3 is 2.12 bits per heavy atom. The van der Waals surface area contributed by atoms with Gasteiger partial charge in [0.2, 0.25) is 11.8 Å². The quantitative estimate of drug-likeness (QED) is 0.684. The predicted octanol–water partition coefficient (Wildman–Crippen LogP) is 0.360. The molecule has 0 aliphatic heterocycles. The van der Waals surface area contributed by atoms with E-state index in [1.807, 2.05) is 0 Å². The largest absolute Gasteiger partial charge is 0.481 e. The van der Waals surface area contributed by atoms with Crippen LogP contribution in [0.1, 0.15) is 12.7 Å². The first-order valence-electron chi connectivity index (χ1n) is 4.83. The normalized spacial score (nSPS) is 11.2. The summed E-state index contributed by atoms with van der Waals surface area (Å²) in [5.74, 6) is 0.639. The van der Waals surface area contributed by atoms with E-state index in [1.165, 1.54) is 27.2 Å². The minimum atomic E-state index is -3.52. The lowest BCUT2D eigenvalue weighted by molar-refractivity contribution is 0.290. The molecule has 7 nitrogen and oxygen atoms in total. The van der Waals surface area contributed by atoms with Gasteiger partial charge in [-0.05, 0) is 6.92 Å². The lowest BCUT2D eigenvalue weighted by atomic mass is 10.5. The van der Waals surface area contributed by atoms with E-state index in [1.54, 1.807) is 0 Å². The van der Waals surface area contributed by atoms with E-state index in [4.69, 9.17) is 13.7 Å². The van der Waals surface area contributed by atoms with Crippen molar-refractivity contribution in [3.05, 3.63) is 11.9 Å². The number of hydrogen-bond acceptors (Lipinski definition) is 7. The Hall–Kier alpha value is -1.41. The van der Waals surface area contributed by atoms with Crippen LogP contribution >= 0.6 is 0 Å². The van der Waals surface area contributed by atoms with Gasteiger partial charge in [0.15, 0.2) is 5.82 Å². The number of methoxy groups -OCH3 is 2. The van der Waals surface area contributed by atoms with Gasteiger partial charge in [0.05, 0.1) is 26.0 Å². The maximum Gasteiger partial charge on any atom is 0.267 e. The highest BCUT2D eigenvalue weighted by Gasteiger charge is 2.11. The Balaban J connectivity index is 2.84. The standard InChI is InChI=1S/C9H14N2O5S/c1-4-17(12,13)16-6-7-10-8(14-2)5-9(11-7)15-3/h5H,4,6H2,1-3H3. The highest BCUT2D eigenvalue weighted by molar-refractivity contribution is 7.86. The Labute approximate surface area is 99.9 Å². The molecule has 1 rings (SSSR count). The van der Waals surface area contributed by atoms with Crippen molar-refractivity contribution in [2.75, 3.05) is 20.0 Å². The summed E-state index contributed by atoms with van der Waals surface area (Å²) in [5.41, 5.74) is 0. The third-order valence-electron chi connectivity index (χ3n) is 1.86. The lowest BCUT2D eigenvalue weighted by Gasteiger charge is -2.06. The molecule has 1 aromatic rings. The van der Waals surface area contributed by atoms with Gasteiger partial charge in [-0.15, -0.1) is 0 Å². The van der Waals surface area contributed by atoms with Crippen LogP contribution in [0.15, 0.2) is 6.07 Å². The van der Waals surface area contributed by atoms with Crippen molar-refractivity contribution in [3.63, 3.8) is 0 Å². The molecular formula is C9H14N2O5S. The Kier molecular flexibility index (Phi) is 4.64. The van der Waals surface area contributed by atoms with Gasteiger partial charge >= 0.3 is 0 Å². The fourth-order valence-corrected chi connectivity index (χ4v) is 1.40. The Morgan fingerprint density at radius 2 is 1.71 bits per heavy atom. The summed E-state index contributed by atoms with van der Waals surface area (Å²) >= 11 is 0. The third kappa shape index (κ3) is 4.16. The average Bonchev–Trinajstić information content (AvgIpc) is 2.36.